The summed E-state index contributed by atoms with van der Waals surface area (Å²) >= 11 is 0. The van der Waals surface area contributed by atoms with Crippen LogP contribution in [0.2, 0.25) is 0 Å². The first-order chi connectivity index (χ1) is 18.0. The molecule has 1 unspecified atom stereocenters. The summed E-state index contributed by atoms with van der Waals surface area (Å²) < 4.78 is 7.78. The highest BCUT2D eigenvalue weighted by atomic mass is 16.6. The van der Waals surface area contributed by atoms with Crippen LogP contribution in [0.15, 0.2) is 45.2 Å². The van der Waals surface area contributed by atoms with Gasteiger partial charge in [-0.25, -0.2) is 4.79 Å². The molecule has 0 radical (unpaired) electrons. The molecule has 0 bridgehead atoms. The summed E-state index contributed by atoms with van der Waals surface area (Å²) in [5, 5.41) is 18.1. The highest BCUT2D eigenvalue weighted by molar-refractivity contribution is 5.97. The van der Waals surface area contributed by atoms with Gasteiger partial charge >= 0.3 is 5.69 Å². The van der Waals surface area contributed by atoms with E-state index < -0.39 is 23.4 Å². The Kier molecular flexibility index (Phi) is 9.90. The Bertz CT molecular complexity index is 1260. The van der Waals surface area contributed by atoms with Gasteiger partial charge in [0.1, 0.15) is 18.0 Å². The fourth-order valence-electron chi connectivity index (χ4n) is 4.24. The maximum Gasteiger partial charge on any atom is 0.331 e. The monoisotopic (exact) mass is 528 g/mol. The minimum Gasteiger partial charge on any atom is -0.496 e. The predicted molar refractivity (Wildman–Crippen MR) is 145 cm³/mol. The van der Waals surface area contributed by atoms with Crippen molar-refractivity contribution in [2.75, 3.05) is 7.11 Å². The van der Waals surface area contributed by atoms with E-state index >= 15 is 0 Å². The lowest BCUT2D eigenvalue weighted by Gasteiger charge is -2.29. The highest BCUT2D eigenvalue weighted by Crippen LogP contribution is 2.27. The molecule has 0 aliphatic heterocycles. The SMILES string of the molecule is COc1ccccc1C(O)Cn1cc(/C(C)=N/OC(C)C)c(=O)n(C[C@@H](NC(=O)C2CCC2)C(C)C)c1=O. The molecule has 1 aliphatic carbocycles. The molecule has 1 saturated carbocycles. The number of oxime groups is 1. The van der Waals surface area contributed by atoms with Crippen LogP contribution in [-0.4, -0.2) is 45.1 Å². The number of aromatic nitrogens is 2. The molecule has 1 aromatic carbocycles. The zero-order chi connectivity index (χ0) is 28.0. The maximum atomic E-state index is 13.6. The number of amides is 1. The molecule has 1 fully saturated rings. The fourth-order valence-corrected chi connectivity index (χ4v) is 4.24. The molecule has 2 N–H and O–H groups in total. The van der Waals surface area contributed by atoms with E-state index in [9.17, 15) is 19.5 Å². The van der Waals surface area contributed by atoms with Gasteiger partial charge in [0.25, 0.3) is 5.56 Å². The van der Waals surface area contributed by atoms with Crippen molar-refractivity contribution in [3.05, 3.63) is 62.4 Å². The summed E-state index contributed by atoms with van der Waals surface area (Å²) in [7, 11) is 1.51. The number of rotatable bonds is 12. The number of aliphatic hydroxyl groups excluding tert-OH is 1. The number of nitrogens with zero attached hydrogens (tertiary/aromatic N) is 3. The molecule has 1 heterocycles. The van der Waals surface area contributed by atoms with E-state index in [1.165, 1.54) is 17.9 Å². The zero-order valence-electron chi connectivity index (χ0n) is 23.1. The Labute approximate surface area is 223 Å². The number of nitrogens with one attached hydrogen (secondary N) is 1. The summed E-state index contributed by atoms with van der Waals surface area (Å²) in [6, 6.07) is 6.58. The van der Waals surface area contributed by atoms with Crippen LogP contribution in [-0.2, 0) is 22.7 Å². The number of hydrogen-bond acceptors (Lipinski definition) is 7. The van der Waals surface area contributed by atoms with E-state index in [0.717, 1.165) is 23.8 Å². The van der Waals surface area contributed by atoms with Crippen LogP contribution in [0.3, 0.4) is 0 Å². The van der Waals surface area contributed by atoms with Gasteiger partial charge in [-0.1, -0.05) is 43.6 Å². The van der Waals surface area contributed by atoms with Crippen LogP contribution in [0.4, 0.5) is 0 Å². The summed E-state index contributed by atoms with van der Waals surface area (Å²) in [4.78, 5) is 45.2. The fraction of sp³-hybridized carbons (Fsp3) is 0.571. The summed E-state index contributed by atoms with van der Waals surface area (Å²) in [6.07, 6.45) is 2.86. The number of benzene rings is 1. The van der Waals surface area contributed by atoms with Crippen LogP contribution < -0.4 is 21.3 Å². The van der Waals surface area contributed by atoms with Crippen molar-refractivity contribution < 1.29 is 19.5 Å². The summed E-state index contributed by atoms with van der Waals surface area (Å²) in [5.74, 6) is 0.396. The van der Waals surface area contributed by atoms with E-state index in [-0.39, 0.29) is 42.5 Å². The quantitative estimate of drug-likeness (QED) is 0.323. The molecular weight excluding hydrogens is 488 g/mol. The molecule has 38 heavy (non-hydrogen) atoms. The predicted octanol–water partition coefficient (Wildman–Crippen LogP) is 2.84. The first-order valence-corrected chi connectivity index (χ1v) is 13.2. The van der Waals surface area contributed by atoms with E-state index in [0.29, 0.717) is 17.0 Å². The number of carbonyl (C=O) groups is 1. The molecule has 1 aromatic heterocycles. The Hall–Kier alpha value is -3.40. The van der Waals surface area contributed by atoms with E-state index in [1.54, 1.807) is 31.2 Å². The van der Waals surface area contributed by atoms with Gasteiger partial charge in [0.05, 0.1) is 31.5 Å². The number of carbonyl (C=O) groups excluding carboxylic acids is 1. The van der Waals surface area contributed by atoms with Gasteiger partial charge in [-0.3, -0.25) is 18.7 Å². The third kappa shape index (κ3) is 6.92. The smallest absolute Gasteiger partial charge is 0.331 e. The van der Waals surface area contributed by atoms with Crippen LogP contribution in [0, 0.1) is 11.8 Å². The second kappa shape index (κ2) is 12.9. The van der Waals surface area contributed by atoms with Gasteiger partial charge in [-0.2, -0.15) is 0 Å². The van der Waals surface area contributed by atoms with Crippen molar-refractivity contribution in [2.45, 2.75) is 85.2 Å². The van der Waals surface area contributed by atoms with Crippen molar-refractivity contribution in [2.24, 2.45) is 17.0 Å². The molecule has 1 amide bonds. The molecule has 2 atom stereocenters. The summed E-state index contributed by atoms with van der Waals surface area (Å²) in [6.45, 7) is 9.01. The Morgan fingerprint density at radius 2 is 1.84 bits per heavy atom. The minimum atomic E-state index is -1.08. The van der Waals surface area contributed by atoms with Crippen molar-refractivity contribution in [1.82, 2.24) is 14.5 Å². The van der Waals surface area contributed by atoms with Crippen molar-refractivity contribution in [1.29, 1.82) is 0 Å². The van der Waals surface area contributed by atoms with Crippen molar-refractivity contribution in [3.63, 3.8) is 0 Å². The third-order valence-corrected chi connectivity index (χ3v) is 6.88. The lowest BCUT2D eigenvalue weighted by atomic mass is 9.84. The second-order valence-electron chi connectivity index (χ2n) is 10.5. The second-order valence-corrected chi connectivity index (χ2v) is 10.5. The van der Waals surface area contributed by atoms with E-state index in [2.05, 4.69) is 10.5 Å². The van der Waals surface area contributed by atoms with E-state index in [4.69, 9.17) is 9.57 Å². The van der Waals surface area contributed by atoms with Gasteiger partial charge in [-0.15, -0.1) is 0 Å². The van der Waals surface area contributed by atoms with E-state index in [1.807, 2.05) is 27.7 Å². The van der Waals surface area contributed by atoms with Crippen molar-refractivity contribution in [3.8, 4) is 5.75 Å². The maximum absolute atomic E-state index is 13.6. The Morgan fingerprint density at radius 3 is 2.42 bits per heavy atom. The zero-order valence-corrected chi connectivity index (χ0v) is 23.1. The highest BCUT2D eigenvalue weighted by Gasteiger charge is 2.29. The molecule has 0 saturated heterocycles. The Morgan fingerprint density at radius 1 is 1.16 bits per heavy atom. The lowest BCUT2D eigenvalue weighted by molar-refractivity contribution is -0.128. The third-order valence-electron chi connectivity index (χ3n) is 6.88. The van der Waals surface area contributed by atoms with Crippen LogP contribution >= 0.6 is 0 Å². The van der Waals surface area contributed by atoms with Crippen LogP contribution in [0.25, 0.3) is 0 Å². The van der Waals surface area contributed by atoms with Gasteiger partial charge in [0.15, 0.2) is 0 Å². The number of para-hydroxylation sites is 1. The summed E-state index contributed by atoms with van der Waals surface area (Å²) in [5.41, 5.74) is -0.130. The molecule has 3 rings (SSSR count). The largest absolute Gasteiger partial charge is 0.496 e. The van der Waals surface area contributed by atoms with Crippen LogP contribution in [0.5, 0.6) is 5.75 Å². The van der Waals surface area contributed by atoms with Crippen LogP contribution in [0.1, 0.15) is 71.1 Å². The minimum absolute atomic E-state index is 0.00922. The molecule has 2 aromatic rings. The molecule has 0 spiro atoms. The molecule has 10 nitrogen and oxygen atoms in total. The van der Waals surface area contributed by atoms with Gasteiger partial charge < -0.3 is 20.0 Å². The number of ether oxygens (including phenoxy) is 1. The van der Waals surface area contributed by atoms with Gasteiger partial charge in [0, 0.05) is 23.7 Å². The number of aliphatic hydroxyl groups is 1. The first kappa shape index (κ1) is 29.2. The molecule has 208 valence electrons. The average Bonchev–Trinajstić information content (AvgIpc) is 2.84. The van der Waals surface area contributed by atoms with Gasteiger partial charge in [-0.05, 0) is 45.6 Å². The Balaban J connectivity index is 2.04. The standard InChI is InChI=1S/C28H40N4O6/c1-17(2)23(29-26(34)20-10-9-11-20)15-32-27(35)22(19(5)30-38-18(3)4)14-31(28(32)36)16-24(33)21-12-7-8-13-25(21)37-6/h7-8,12-14,17-18,20,23-24,33H,9-11,15-16H2,1-6H3,(H,29,34)/b30-19+/t23-,24?/m1/s1. The molecule has 10 heteroatoms. The van der Waals surface area contributed by atoms with Gasteiger partial charge in [0.2, 0.25) is 5.91 Å². The van der Waals surface area contributed by atoms with Crippen molar-refractivity contribution >= 4 is 11.6 Å². The number of methoxy groups -OCH3 is 1. The topological polar surface area (TPSA) is 124 Å². The lowest BCUT2D eigenvalue weighted by Crippen LogP contribution is -2.51. The molecule has 1 aliphatic rings. The molecular formula is C28H40N4O6. The number of hydrogen-bond donors (Lipinski definition) is 2. The average molecular weight is 529 g/mol. The normalized spacial score (nSPS) is 15.8. The first-order valence-electron chi connectivity index (χ1n) is 13.2.